The molecule has 0 unspecified atom stereocenters. The Morgan fingerprint density at radius 1 is 1.15 bits per heavy atom. The van der Waals surface area contributed by atoms with Crippen LogP contribution in [0.15, 0.2) is 42.6 Å². The van der Waals surface area contributed by atoms with Crippen molar-refractivity contribution in [2.24, 2.45) is 5.92 Å². The van der Waals surface area contributed by atoms with Gasteiger partial charge in [-0.2, -0.15) is 5.10 Å². The van der Waals surface area contributed by atoms with Crippen LogP contribution in [-0.2, 0) is 6.54 Å². The third-order valence-electron chi connectivity index (χ3n) is 6.19. The molecule has 134 valence electrons. The van der Waals surface area contributed by atoms with Crippen LogP contribution >= 0.6 is 0 Å². The molecule has 1 aliphatic heterocycles. The Hall–Kier alpha value is -2.33. The third-order valence-corrected chi connectivity index (χ3v) is 6.19. The van der Waals surface area contributed by atoms with Crippen LogP contribution in [0, 0.1) is 5.92 Å². The molecule has 2 bridgehead atoms. The van der Waals surface area contributed by atoms with Gasteiger partial charge in [0.2, 0.25) is 0 Å². The fourth-order valence-corrected chi connectivity index (χ4v) is 4.84. The van der Waals surface area contributed by atoms with Gasteiger partial charge in [0.1, 0.15) is 5.75 Å². The van der Waals surface area contributed by atoms with E-state index in [1.165, 1.54) is 54.1 Å². The van der Waals surface area contributed by atoms with Gasteiger partial charge in [-0.3, -0.25) is 10.00 Å². The molecule has 1 saturated heterocycles. The quantitative estimate of drug-likeness (QED) is 0.749. The molecule has 2 aliphatic rings. The summed E-state index contributed by atoms with van der Waals surface area (Å²) in [6.45, 7) is 2.26. The molecule has 26 heavy (non-hydrogen) atoms. The normalized spacial score (nSPS) is 22.8. The number of aromatic amines is 1. The average molecular weight is 347 g/mol. The van der Waals surface area contributed by atoms with Crippen molar-refractivity contribution < 1.29 is 4.74 Å². The Bertz CT molecular complexity index is 932. The van der Waals surface area contributed by atoms with Crippen molar-refractivity contribution in [2.45, 2.75) is 38.3 Å². The lowest BCUT2D eigenvalue weighted by molar-refractivity contribution is 0.237. The Morgan fingerprint density at radius 3 is 2.92 bits per heavy atom. The summed E-state index contributed by atoms with van der Waals surface area (Å²) in [5.74, 6) is 1.81. The molecule has 2 aromatic carbocycles. The van der Waals surface area contributed by atoms with Crippen LogP contribution in [0.5, 0.6) is 5.75 Å². The second-order valence-electron chi connectivity index (χ2n) is 7.81. The number of nitrogens with zero attached hydrogens (tertiary/aromatic N) is 2. The first-order valence-corrected chi connectivity index (χ1v) is 9.64. The van der Waals surface area contributed by atoms with Crippen LogP contribution in [-0.4, -0.2) is 34.8 Å². The molecule has 1 saturated carbocycles. The summed E-state index contributed by atoms with van der Waals surface area (Å²) in [7, 11) is 1.71. The van der Waals surface area contributed by atoms with E-state index in [2.05, 4.69) is 45.4 Å². The molecule has 2 atom stereocenters. The van der Waals surface area contributed by atoms with E-state index in [1.807, 2.05) is 12.3 Å². The van der Waals surface area contributed by atoms with Gasteiger partial charge in [0.05, 0.1) is 19.0 Å². The van der Waals surface area contributed by atoms with Crippen LogP contribution in [0.4, 0.5) is 0 Å². The first-order valence-electron chi connectivity index (χ1n) is 9.64. The highest BCUT2D eigenvalue weighted by Crippen LogP contribution is 2.37. The van der Waals surface area contributed by atoms with Crippen molar-refractivity contribution in [1.29, 1.82) is 0 Å². The van der Waals surface area contributed by atoms with Crippen molar-refractivity contribution in [3.05, 3.63) is 48.2 Å². The molecule has 1 N–H and O–H groups in total. The Balaban J connectivity index is 1.44. The largest absolute Gasteiger partial charge is 0.497 e. The van der Waals surface area contributed by atoms with Gasteiger partial charge >= 0.3 is 0 Å². The fraction of sp³-hybridized carbons (Fsp3) is 0.409. The number of benzene rings is 2. The van der Waals surface area contributed by atoms with E-state index in [1.54, 1.807) is 7.11 Å². The standard InChI is InChI=1S/C22H25N3O/c1-26-21-8-7-16-10-18(6-5-17(16)11-21)22-19(12-23-24-22)14-25-13-15-3-2-4-20(25)9-15/h5-8,10-12,15,20H,2-4,9,13-14H2,1H3,(H,23,24)/t15-,20+/m1/s1. The van der Waals surface area contributed by atoms with Gasteiger partial charge in [-0.05, 0) is 54.2 Å². The van der Waals surface area contributed by atoms with Crippen molar-refractivity contribution in [3.63, 3.8) is 0 Å². The lowest BCUT2D eigenvalue weighted by Crippen LogP contribution is -2.28. The first kappa shape index (κ1) is 15.9. The molecule has 5 rings (SSSR count). The number of hydrogen-bond donors (Lipinski definition) is 1. The zero-order valence-electron chi connectivity index (χ0n) is 15.2. The summed E-state index contributed by atoms with van der Waals surface area (Å²) < 4.78 is 5.33. The highest BCUT2D eigenvalue weighted by atomic mass is 16.5. The number of H-pyrrole nitrogens is 1. The lowest BCUT2D eigenvalue weighted by atomic mass is 9.90. The molecule has 0 radical (unpaired) electrons. The maximum Gasteiger partial charge on any atom is 0.119 e. The van der Waals surface area contributed by atoms with Gasteiger partial charge in [0, 0.05) is 30.3 Å². The summed E-state index contributed by atoms with van der Waals surface area (Å²) in [4.78, 5) is 2.68. The number of ether oxygens (including phenoxy) is 1. The molecule has 3 aromatic rings. The third kappa shape index (κ3) is 2.78. The van der Waals surface area contributed by atoms with Gasteiger partial charge in [-0.1, -0.05) is 24.6 Å². The number of nitrogens with one attached hydrogen (secondary N) is 1. The number of likely N-dealkylation sites (tertiary alicyclic amines) is 1. The fourth-order valence-electron chi connectivity index (χ4n) is 4.84. The summed E-state index contributed by atoms with van der Waals surface area (Å²) in [6, 6.07) is 13.6. The summed E-state index contributed by atoms with van der Waals surface area (Å²) >= 11 is 0. The van der Waals surface area contributed by atoms with E-state index in [0.29, 0.717) is 0 Å². The molecule has 0 spiro atoms. The maximum absolute atomic E-state index is 5.33. The zero-order valence-corrected chi connectivity index (χ0v) is 15.2. The predicted octanol–water partition coefficient (Wildman–Crippen LogP) is 4.61. The van der Waals surface area contributed by atoms with Gasteiger partial charge in [-0.25, -0.2) is 0 Å². The van der Waals surface area contributed by atoms with Crippen molar-refractivity contribution >= 4 is 10.8 Å². The number of rotatable bonds is 4. The van der Waals surface area contributed by atoms with Crippen LogP contribution in [0.3, 0.4) is 0 Å². The highest BCUT2D eigenvalue weighted by Gasteiger charge is 2.35. The highest BCUT2D eigenvalue weighted by molar-refractivity contribution is 5.88. The molecular weight excluding hydrogens is 322 g/mol. The summed E-state index contributed by atoms with van der Waals surface area (Å²) in [5.41, 5.74) is 3.67. The Labute approximate surface area is 154 Å². The molecule has 1 aromatic heterocycles. The van der Waals surface area contributed by atoms with Gasteiger partial charge < -0.3 is 4.74 Å². The molecule has 1 aliphatic carbocycles. The van der Waals surface area contributed by atoms with E-state index in [4.69, 9.17) is 4.74 Å². The lowest BCUT2D eigenvalue weighted by Gasteiger charge is -2.24. The first-order chi connectivity index (χ1) is 12.8. The number of hydrogen-bond acceptors (Lipinski definition) is 3. The monoisotopic (exact) mass is 347 g/mol. The minimum Gasteiger partial charge on any atom is -0.497 e. The SMILES string of the molecule is COc1ccc2cc(-c3[nH]ncc3CN3C[C@@H]4CCC[C@H]3C4)ccc2c1. The summed E-state index contributed by atoms with van der Waals surface area (Å²) in [6.07, 6.45) is 7.58. The molecule has 2 fully saturated rings. The molecular formula is C22H25N3O. The van der Waals surface area contributed by atoms with Crippen LogP contribution in [0.1, 0.15) is 31.2 Å². The number of methoxy groups -OCH3 is 1. The Kier molecular flexibility index (Phi) is 3.93. The van der Waals surface area contributed by atoms with Gasteiger partial charge in [-0.15, -0.1) is 0 Å². The molecule has 4 nitrogen and oxygen atoms in total. The van der Waals surface area contributed by atoms with E-state index in [0.717, 1.165) is 29.9 Å². The maximum atomic E-state index is 5.33. The number of fused-ring (bicyclic) bond motifs is 3. The van der Waals surface area contributed by atoms with Gasteiger partial charge in [0.15, 0.2) is 0 Å². The topological polar surface area (TPSA) is 41.1 Å². The van der Waals surface area contributed by atoms with Crippen LogP contribution in [0.25, 0.3) is 22.0 Å². The van der Waals surface area contributed by atoms with Crippen molar-refractivity contribution in [1.82, 2.24) is 15.1 Å². The van der Waals surface area contributed by atoms with Crippen molar-refractivity contribution in [2.75, 3.05) is 13.7 Å². The minimum atomic E-state index is 0.778. The van der Waals surface area contributed by atoms with Crippen LogP contribution < -0.4 is 4.74 Å². The molecule has 2 heterocycles. The molecule has 4 heteroatoms. The van der Waals surface area contributed by atoms with Gasteiger partial charge in [0.25, 0.3) is 0 Å². The second-order valence-corrected chi connectivity index (χ2v) is 7.81. The summed E-state index contributed by atoms with van der Waals surface area (Å²) in [5, 5.41) is 10.0. The Morgan fingerprint density at radius 2 is 2.04 bits per heavy atom. The number of aromatic nitrogens is 2. The predicted molar refractivity (Wildman–Crippen MR) is 104 cm³/mol. The minimum absolute atomic E-state index is 0.778. The smallest absolute Gasteiger partial charge is 0.119 e. The second kappa shape index (κ2) is 6.44. The van der Waals surface area contributed by atoms with E-state index < -0.39 is 0 Å². The zero-order chi connectivity index (χ0) is 17.5. The van der Waals surface area contributed by atoms with E-state index >= 15 is 0 Å². The average Bonchev–Trinajstić information content (AvgIpc) is 3.25. The van der Waals surface area contributed by atoms with Crippen LogP contribution in [0.2, 0.25) is 0 Å². The van der Waals surface area contributed by atoms with Crippen molar-refractivity contribution in [3.8, 4) is 17.0 Å². The molecule has 0 amide bonds. The van der Waals surface area contributed by atoms with E-state index in [9.17, 15) is 0 Å². The van der Waals surface area contributed by atoms with E-state index in [-0.39, 0.29) is 0 Å².